The molecule has 25 heavy (non-hydrogen) atoms. The molecule has 1 heterocycles. The van der Waals surface area contributed by atoms with Crippen molar-refractivity contribution in [3.63, 3.8) is 0 Å². The molecule has 1 unspecified atom stereocenters. The highest BCUT2D eigenvalue weighted by Gasteiger charge is 2.26. The van der Waals surface area contributed by atoms with Crippen LogP contribution in [-0.2, 0) is 9.53 Å². The number of thioether (sulfide) groups is 1. The molecule has 0 bridgehead atoms. The number of nitrogens with zero attached hydrogens (tertiary/aromatic N) is 2. The topological polar surface area (TPSA) is 65.2 Å². The number of hydrogen-bond acceptors (Lipinski definition) is 6. The fourth-order valence-electron chi connectivity index (χ4n) is 2.20. The third-order valence-electron chi connectivity index (χ3n) is 3.33. The number of carbonyl (C=O) groups excluding carboxylic acids is 1. The molecule has 0 spiro atoms. The molecule has 0 saturated heterocycles. The number of halogens is 1. The van der Waals surface area contributed by atoms with Gasteiger partial charge in [-0.05, 0) is 52.3 Å². The monoisotopic (exact) mass is 418 g/mol. The maximum atomic E-state index is 12.3. The predicted octanol–water partition coefficient (Wildman–Crippen LogP) is 4.90. The normalized spacial score (nSPS) is 11.9. The van der Waals surface area contributed by atoms with E-state index in [4.69, 9.17) is 9.15 Å². The number of aromatic nitrogens is 2. The Balaban J connectivity index is 1.86. The van der Waals surface area contributed by atoms with Crippen LogP contribution in [0.2, 0.25) is 0 Å². The zero-order valence-corrected chi connectivity index (χ0v) is 15.8. The van der Waals surface area contributed by atoms with Gasteiger partial charge in [0.25, 0.3) is 5.22 Å². The van der Waals surface area contributed by atoms with Crippen molar-refractivity contribution < 1.29 is 13.9 Å². The Hall–Kier alpha value is -2.12. The van der Waals surface area contributed by atoms with Gasteiger partial charge in [-0.3, -0.25) is 4.79 Å². The van der Waals surface area contributed by atoms with Gasteiger partial charge in [0.1, 0.15) is 5.25 Å². The Kier molecular flexibility index (Phi) is 5.88. The first-order valence-corrected chi connectivity index (χ1v) is 9.33. The van der Waals surface area contributed by atoms with Gasteiger partial charge in [-0.15, -0.1) is 10.2 Å². The van der Waals surface area contributed by atoms with E-state index in [1.807, 2.05) is 54.6 Å². The maximum absolute atomic E-state index is 12.3. The van der Waals surface area contributed by atoms with Gasteiger partial charge in [-0.2, -0.15) is 0 Å². The zero-order valence-electron chi connectivity index (χ0n) is 13.4. The zero-order chi connectivity index (χ0) is 17.6. The van der Waals surface area contributed by atoms with E-state index in [-0.39, 0.29) is 5.97 Å². The Morgan fingerprint density at radius 1 is 1.16 bits per heavy atom. The summed E-state index contributed by atoms with van der Waals surface area (Å²) in [5, 5.41) is 7.89. The average molecular weight is 419 g/mol. The Morgan fingerprint density at radius 2 is 1.88 bits per heavy atom. The highest BCUT2D eigenvalue weighted by molar-refractivity contribution is 9.10. The van der Waals surface area contributed by atoms with Crippen molar-refractivity contribution in [2.75, 3.05) is 6.61 Å². The number of esters is 1. The Bertz CT molecular complexity index is 854. The van der Waals surface area contributed by atoms with Crippen LogP contribution in [0, 0.1) is 0 Å². The molecule has 2 aromatic carbocycles. The lowest BCUT2D eigenvalue weighted by atomic mass is 10.1. The smallest absolute Gasteiger partial charge is 0.324 e. The largest absolute Gasteiger partial charge is 0.465 e. The second kappa shape index (κ2) is 8.31. The number of benzene rings is 2. The van der Waals surface area contributed by atoms with Crippen LogP contribution in [0.5, 0.6) is 0 Å². The van der Waals surface area contributed by atoms with Crippen LogP contribution in [0.3, 0.4) is 0 Å². The third kappa shape index (κ3) is 4.29. The van der Waals surface area contributed by atoms with Crippen LogP contribution >= 0.6 is 27.7 Å². The van der Waals surface area contributed by atoms with E-state index < -0.39 is 5.25 Å². The summed E-state index contributed by atoms with van der Waals surface area (Å²) in [5.74, 6) is 0.0602. The fraction of sp³-hybridized carbons (Fsp3) is 0.167. The summed E-state index contributed by atoms with van der Waals surface area (Å²) in [4.78, 5) is 12.3. The van der Waals surface area contributed by atoms with Crippen LogP contribution in [-0.4, -0.2) is 22.8 Å². The first-order valence-electron chi connectivity index (χ1n) is 7.65. The summed E-state index contributed by atoms with van der Waals surface area (Å²) >= 11 is 4.65. The highest BCUT2D eigenvalue weighted by atomic mass is 79.9. The molecule has 1 atom stereocenters. The minimum Gasteiger partial charge on any atom is -0.465 e. The van der Waals surface area contributed by atoms with Gasteiger partial charge in [0.2, 0.25) is 5.89 Å². The van der Waals surface area contributed by atoms with E-state index in [1.54, 1.807) is 6.92 Å². The number of rotatable bonds is 6. The van der Waals surface area contributed by atoms with Gasteiger partial charge < -0.3 is 9.15 Å². The molecule has 0 saturated carbocycles. The molecule has 0 radical (unpaired) electrons. The Labute approximate surface area is 157 Å². The summed E-state index contributed by atoms with van der Waals surface area (Å²) in [6.45, 7) is 2.09. The first-order chi connectivity index (χ1) is 12.2. The van der Waals surface area contributed by atoms with E-state index in [0.29, 0.717) is 17.7 Å². The van der Waals surface area contributed by atoms with E-state index in [1.165, 1.54) is 11.8 Å². The first kappa shape index (κ1) is 17.7. The minimum atomic E-state index is -0.561. The molecule has 0 amide bonds. The molecule has 5 nitrogen and oxygen atoms in total. The van der Waals surface area contributed by atoms with Crippen molar-refractivity contribution in [2.45, 2.75) is 17.4 Å². The molecule has 7 heteroatoms. The molecular formula is C18H15BrN2O3S. The molecule has 0 aliphatic carbocycles. The van der Waals surface area contributed by atoms with Gasteiger partial charge in [0.05, 0.1) is 12.2 Å². The summed E-state index contributed by atoms with van der Waals surface area (Å²) in [7, 11) is 0. The van der Waals surface area contributed by atoms with E-state index in [2.05, 4.69) is 26.1 Å². The molecule has 0 N–H and O–H groups in total. The summed E-state index contributed by atoms with van der Waals surface area (Å²) in [6.07, 6.45) is 0. The standard InChI is InChI=1S/C18H15BrN2O3S/c1-2-23-17(22)15(12-8-4-3-5-9-12)25-18-21-20-16(24-18)13-10-6-7-11-14(13)19/h3-11,15H,2H2,1H3. The summed E-state index contributed by atoms with van der Waals surface area (Å²) in [6, 6.07) is 17.0. The molecule has 3 aromatic rings. The molecular weight excluding hydrogens is 404 g/mol. The second-order valence-electron chi connectivity index (χ2n) is 5.01. The Morgan fingerprint density at radius 3 is 2.60 bits per heavy atom. The van der Waals surface area contributed by atoms with Crippen molar-refractivity contribution in [3.05, 3.63) is 64.6 Å². The molecule has 128 valence electrons. The quantitative estimate of drug-likeness (QED) is 0.419. The van der Waals surface area contributed by atoms with Crippen LogP contribution in [0.4, 0.5) is 0 Å². The van der Waals surface area contributed by atoms with Crippen LogP contribution in [0.1, 0.15) is 17.7 Å². The van der Waals surface area contributed by atoms with Gasteiger partial charge in [-0.1, -0.05) is 42.5 Å². The van der Waals surface area contributed by atoms with Crippen molar-refractivity contribution >= 4 is 33.7 Å². The number of carbonyl (C=O) groups is 1. The van der Waals surface area contributed by atoms with Crippen molar-refractivity contribution in [1.82, 2.24) is 10.2 Å². The van der Waals surface area contributed by atoms with Gasteiger partial charge in [-0.25, -0.2) is 0 Å². The van der Waals surface area contributed by atoms with E-state index >= 15 is 0 Å². The van der Waals surface area contributed by atoms with Crippen molar-refractivity contribution in [3.8, 4) is 11.5 Å². The molecule has 0 aliphatic rings. The molecule has 0 fully saturated rings. The van der Waals surface area contributed by atoms with Crippen LogP contribution in [0.15, 0.2) is 68.7 Å². The van der Waals surface area contributed by atoms with Gasteiger partial charge in [0, 0.05) is 4.47 Å². The van der Waals surface area contributed by atoms with E-state index in [0.717, 1.165) is 15.6 Å². The van der Waals surface area contributed by atoms with Crippen molar-refractivity contribution in [1.29, 1.82) is 0 Å². The second-order valence-corrected chi connectivity index (χ2v) is 6.92. The lowest BCUT2D eigenvalue weighted by Gasteiger charge is -2.13. The lowest BCUT2D eigenvalue weighted by molar-refractivity contribution is -0.142. The molecule has 3 rings (SSSR count). The highest BCUT2D eigenvalue weighted by Crippen LogP contribution is 2.37. The van der Waals surface area contributed by atoms with Crippen LogP contribution in [0.25, 0.3) is 11.5 Å². The third-order valence-corrected chi connectivity index (χ3v) is 5.09. The molecule has 1 aromatic heterocycles. The van der Waals surface area contributed by atoms with E-state index in [9.17, 15) is 4.79 Å². The maximum Gasteiger partial charge on any atom is 0.324 e. The number of ether oxygens (including phenoxy) is 1. The van der Waals surface area contributed by atoms with Crippen LogP contribution < -0.4 is 0 Å². The minimum absolute atomic E-state index is 0.313. The fourth-order valence-corrected chi connectivity index (χ4v) is 3.53. The summed E-state index contributed by atoms with van der Waals surface area (Å²) in [5.41, 5.74) is 1.63. The SMILES string of the molecule is CCOC(=O)C(Sc1nnc(-c2ccccc2Br)o1)c1ccccc1. The number of hydrogen-bond donors (Lipinski definition) is 0. The summed E-state index contributed by atoms with van der Waals surface area (Å²) < 4.78 is 11.8. The van der Waals surface area contributed by atoms with Gasteiger partial charge in [0.15, 0.2) is 0 Å². The van der Waals surface area contributed by atoms with Gasteiger partial charge >= 0.3 is 5.97 Å². The predicted molar refractivity (Wildman–Crippen MR) is 99.1 cm³/mol. The lowest BCUT2D eigenvalue weighted by Crippen LogP contribution is -2.13. The molecule has 0 aliphatic heterocycles. The van der Waals surface area contributed by atoms with Crippen molar-refractivity contribution in [2.24, 2.45) is 0 Å². The average Bonchev–Trinajstić information content (AvgIpc) is 3.09.